The number of rotatable bonds is 5. The molecule has 8 heteroatoms. The molecule has 6 unspecified atom stereocenters. The van der Waals surface area contributed by atoms with Crippen molar-refractivity contribution in [2.24, 2.45) is 0 Å². The number of fused-ring (bicyclic) bond motifs is 1. The van der Waals surface area contributed by atoms with Gasteiger partial charge in [-0.05, 0) is 29.7 Å². The van der Waals surface area contributed by atoms with Gasteiger partial charge in [0, 0.05) is 0 Å². The first-order chi connectivity index (χ1) is 14.5. The van der Waals surface area contributed by atoms with E-state index in [1.807, 2.05) is 24.3 Å². The van der Waals surface area contributed by atoms with E-state index in [9.17, 15) is 20.4 Å². The summed E-state index contributed by atoms with van der Waals surface area (Å²) >= 11 is 0. The molecule has 30 heavy (non-hydrogen) atoms. The molecular weight excluding hydrogens is 392 g/mol. The summed E-state index contributed by atoms with van der Waals surface area (Å²) in [6.07, 6.45) is -6.37. The summed E-state index contributed by atoms with van der Waals surface area (Å²) in [7, 11) is 0. The van der Waals surface area contributed by atoms with Crippen LogP contribution in [0.3, 0.4) is 0 Å². The van der Waals surface area contributed by atoms with Gasteiger partial charge in [0.25, 0.3) is 0 Å². The van der Waals surface area contributed by atoms with E-state index in [0.29, 0.717) is 17.1 Å². The Morgan fingerprint density at radius 1 is 1.00 bits per heavy atom. The minimum absolute atomic E-state index is 0.0801. The van der Waals surface area contributed by atoms with Gasteiger partial charge in [-0.2, -0.15) is 0 Å². The Morgan fingerprint density at radius 3 is 2.47 bits per heavy atom. The molecule has 4 rings (SSSR count). The fraction of sp³-hybridized carbons (Fsp3) is 0.455. The van der Waals surface area contributed by atoms with E-state index in [1.54, 1.807) is 18.2 Å². The van der Waals surface area contributed by atoms with Gasteiger partial charge in [0.1, 0.15) is 42.0 Å². The van der Waals surface area contributed by atoms with Gasteiger partial charge in [-0.3, -0.25) is 0 Å². The Balaban J connectivity index is 1.65. The topological polar surface area (TPSA) is 118 Å². The van der Waals surface area contributed by atoms with E-state index >= 15 is 0 Å². The van der Waals surface area contributed by atoms with Crippen molar-refractivity contribution in [2.75, 3.05) is 13.4 Å². The van der Waals surface area contributed by atoms with E-state index in [0.717, 1.165) is 12.0 Å². The first-order valence-corrected chi connectivity index (χ1v) is 9.96. The molecule has 0 radical (unpaired) electrons. The number of ether oxygens (including phenoxy) is 4. The molecule has 0 bridgehead atoms. The van der Waals surface area contributed by atoms with Crippen LogP contribution in [-0.2, 0) is 15.9 Å². The van der Waals surface area contributed by atoms with Crippen molar-refractivity contribution in [3.05, 3.63) is 59.2 Å². The lowest BCUT2D eigenvalue weighted by Crippen LogP contribution is -2.60. The van der Waals surface area contributed by atoms with Gasteiger partial charge in [-0.1, -0.05) is 37.3 Å². The number of hydrogen-bond acceptors (Lipinski definition) is 8. The second-order valence-corrected chi connectivity index (χ2v) is 7.39. The smallest absolute Gasteiger partial charge is 0.229 e. The molecule has 2 aromatic carbocycles. The number of aryl methyl sites for hydroxylation is 1. The Kier molecular flexibility index (Phi) is 6.24. The average molecular weight is 418 g/mol. The maximum Gasteiger partial charge on any atom is 0.229 e. The summed E-state index contributed by atoms with van der Waals surface area (Å²) in [5, 5.41) is 39.7. The molecule has 0 aliphatic carbocycles. The predicted octanol–water partition coefficient (Wildman–Crippen LogP) is 0.884. The second-order valence-electron chi connectivity index (χ2n) is 7.39. The molecule has 0 saturated carbocycles. The molecule has 162 valence electrons. The van der Waals surface area contributed by atoms with E-state index < -0.39 is 43.4 Å². The van der Waals surface area contributed by atoms with Gasteiger partial charge in [-0.25, -0.2) is 0 Å². The minimum atomic E-state index is -1.52. The largest absolute Gasteiger partial charge is 0.467 e. The van der Waals surface area contributed by atoms with Gasteiger partial charge >= 0.3 is 0 Å². The third-order valence-electron chi connectivity index (χ3n) is 5.52. The lowest BCUT2D eigenvalue weighted by molar-refractivity contribution is -0.277. The molecule has 6 atom stereocenters. The lowest BCUT2D eigenvalue weighted by Gasteiger charge is -2.40. The van der Waals surface area contributed by atoms with Crippen molar-refractivity contribution in [3.8, 4) is 11.5 Å². The highest BCUT2D eigenvalue weighted by Crippen LogP contribution is 2.43. The summed E-state index contributed by atoms with van der Waals surface area (Å²) in [6, 6.07) is 13.3. The summed E-state index contributed by atoms with van der Waals surface area (Å²) in [5.74, 6) is 0.925. The van der Waals surface area contributed by atoms with Crippen LogP contribution in [0.15, 0.2) is 42.5 Å². The zero-order valence-corrected chi connectivity index (χ0v) is 16.5. The molecular formula is C22H26O8. The number of aliphatic hydroxyl groups is 4. The molecule has 0 aromatic heterocycles. The highest BCUT2D eigenvalue weighted by Gasteiger charge is 2.45. The van der Waals surface area contributed by atoms with Crippen LogP contribution in [-0.4, -0.2) is 64.5 Å². The third kappa shape index (κ3) is 3.90. The summed E-state index contributed by atoms with van der Waals surface area (Å²) < 4.78 is 22.9. The van der Waals surface area contributed by atoms with Gasteiger partial charge in [0.2, 0.25) is 6.29 Å². The van der Waals surface area contributed by atoms with E-state index in [-0.39, 0.29) is 6.79 Å². The average Bonchev–Trinajstić information content (AvgIpc) is 2.79. The summed E-state index contributed by atoms with van der Waals surface area (Å²) in [5.41, 5.74) is 2.75. The first kappa shape index (κ1) is 21.0. The quantitative estimate of drug-likeness (QED) is 0.565. The molecule has 2 heterocycles. The molecule has 8 nitrogen and oxygen atoms in total. The third-order valence-corrected chi connectivity index (χ3v) is 5.52. The highest BCUT2D eigenvalue weighted by molar-refractivity contribution is 5.50. The second kappa shape index (κ2) is 8.89. The van der Waals surface area contributed by atoms with Crippen molar-refractivity contribution in [1.82, 2.24) is 0 Å². The van der Waals surface area contributed by atoms with Crippen molar-refractivity contribution in [1.29, 1.82) is 0 Å². The summed E-state index contributed by atoms with van der Waals surface area (Å²) in [4.78, 5) is 0. The maximum absolute atomic E-state index is 10.3. The maximum atomic E-state index is 10.3. The Bertz CT molecular complexity index is 853. The van der Waals surface area contributed by atoms with Crippen LogP contribution in [0, 0.1) is 0 Å². The molecule has 0 amide bonds. The molecule has 4 N–H and O–H groups in total. The highest BCUT2D eigenvalue weighted by atomic mass is 16.7. The zero-order chi connectivity index (χ0) is 21.3. The normalized spacial score (nSPS) is 31.0. The van der Waals surface area contributed by atoms with E-state index in [4.69, 9.17) is 18.9 Å². The molecule has 1 fully saturated rings. The van der Waals surface area contributed by atoms with Crippen molar-refractivity contribution >= 4 is 0 Å². The molecule has 2 aromatic rings. The number of hydrogen-bond donors (Lipinski definition) is 4. The lowest BCUT2D eigenvalue weighted by atomic mass is 9.97. The van der Waals surface area contributed by atoms with Crippen molar-refractivity contribution in [3.63, 3.8) is 0 Å². The van der Waals surface area contributed by atoms with Crippen LogP contribution in [0.2, 0.25) is 0 Å². The minimum Gasteiger partial charge on any atom is -0.467 e. The SMILES string of the molecule is CCc1ccc(C2OCOc3cccc(OC4OC(CO)C(O)C(O)C4O)c32)cc1. The van der Waals surface area contributed by atoms with Gasteiger partial charge < -0.3 is 39.4 Å². The molecule has 2 aliphatic rings. The van der Waals surface area contributed by atoms with Crippen LogP contribution < -0.4 is 9.47 Å². The van der Waals surface area contributed by atoms with Gasteiger partial charge in [-0.15, -0.1) is 0 Å². The standard InChI is InChI=1S/C22H26O8/c1-2-12-6-8-13(9-7-12)21-17-14(27-11-28-21)4-3-5-15(17)29-22-20(26)19(25)18(24)16(10-23)30-22/h3-9,16,18-26H,2,10-11H2,1H3. The molecule has 1 saturated heterocycles. The van der Waals surface area contributed by atoms with Crippen LogP contribution in [0.1, 0.15) is 29.7 Å². The molecule has 0 spiro atoms. The Morgan fingerprint density at radius 2 is 1.77 bits per heavy atom. The summed E-state index contributed by atoms with van der Waals surface area (Å²) in [6.45, 7) is 1.63. The number of benzene rings is 2. The van der Waals surface area contributed by atoms with E-state index in [1.165, 1.54) is 5.56 Å². The van der Waals surface area contributed by atoms with Crippen LogP contribution >= 0.6 is 0 Å². The van der Waals surface area contributed by atoms with Gasteiger partial charge in [0.15, 0.2) is 6.79 Å². The fourth-order valence-corrected chi connectivity index (χ4v) is 3.74. The Hall–Kier alpha value is -2.20. The van der Waals surface area contributed by atoms with Crippen molar-refractivity contribution < 1.29 is 39.4 Å². The van der Waals surface area contributed by atoms with Crippen molar-refractivity contribution in [2.45, 2.75) is 50.2 Å². The number of aliphatic hydroxyl groups excluding tert-OH is 4. The zero-order valence-electron chi connectivity index (χ0n) is 16.5. The van der Waals surface area contributed by atoms with E-state index in [2.05, 4.69) is 6.92 Å². The Labute approximate surface area is 174 Å². The monoisotopic (exact) mass is 418 g/mol. The van der Waals surface area contributed by atoms with Gasteiger partial charge in [0.05, 0.1) is 12.2 Å². The van der Waals surface area contributed by atoms with Crippen LogP contribution in [0.4, 0.5) is 0 Å². The first-order valence-electron chi connectivity index (χ1n) is 9.96. The fourth-order valence-electron chi connectivity index (χ4n) is 3.74. The molecule has 2 aliphatic heterocycles. The van der Waals surface area contributed by atoms with Crippen LogP contribution in [0.25, 0.3) is 0 Å². The van der Waals surface area contributed by atoms with Crippen LogP contribution in [0.5, 0.6) is 11.5 Å². The predicted molar refractivity (Wildman–Crippen MR) is 105 cm³/mol.